The average molecular weight is 221 g/mol. The van der Waals surface area contributed by atoms with Crippen molar-refractivity contribution in [2.45, 2.75) is 37.5 Å². The Morgan fingerprint density at radius 3 is 2.08 bits per heavy atom. The molecule has 0 saturated heterocycles. The molecule has 4 heteroatoms. The molecule has 0 aliphatic rings. The lowest BCUT2D eigenvalue weighted by Gasteiger charge is -2.31. The molecule has 0 aromatic rings. The van der Waals surface area contributed by atoms with Crippen LogP contribution in [0.15, 0.2) is 0 Å². The van der Waals surface area contributed by atoms with E-state index < -0.39 is 5.54 Å². The van der Waals surface area contributed by atoms with Crippen LogP contribution in [0, 0.1) is 0 Å². The molecule has 0 fully saturated rings. The minimum atomic E-state index is -0.702. The van der Waals surface area contributed by atoms with Crippen molar-refractivity contribution >= 4 is 28.6 Å². The maximum atomic E-state index is 11.5. The zero-order chi connectivity index (χ0) is 10.7. The normalized spacial score (nSPS) is 16.8. The minimum absolute atomic E-state index is 0.0644. The predicted molar refractivity (Wildman–Crippen MR) is 63.3 cm³/mol. The first-order valence-corrected chi connectivity index (χ1v) is 6.62. The second-order valence-electron chi connectivity index (χ2n) is 4.05. The van der Waals surface area contributed by atoms with Gasteiger partial charge in [0.1, 0.15) is 0 Å². The summed E-state index contributed by atoms with van der Waals surface area (Å²) in [5.41, 5.74) is 5.25. The molecule has 2 nitrogen and oxygen atoms in total. The van der Waals surface area contributed by atoms with Crippen LogP contribution in [0.1, 0.15) is 27.2 Å². The lowest BCUT2D eigenvalue weighted by molar-refractivity contribution is -0.115. The number of rotatable bonds is 4. The highest BCUT2D eigenvalue weighted by Gasteiger charge is 2.34. The molecule has 0 aliphatic carbocycles. The van der Waals surface area contributed by atoms with Crippen LogP contribution < -0.4 is 5.73 Å². The highest BCUT2D eigenvalue weighted by Crippen LogP contribution is 2.31. The van der Waals surface area contributed by atoms with Gasteiger partial charge in [0.2, 0.25) is 5.12 Å². The second kappa shape index (κ2) is 4.71. The molecule has 0 spiro atoms. The average Bonchev–Trinajstić information content (AvgIpc) is 2.01. The second-order valence-corrected chi connectivity index (χ2v) is 6.34. The van der Waals surface area contributed by atoms with Crippen molar-refractivity contribution in [3.8, 4) is 0 Å². The van der Waals surface area contributed by atoms with Gasteiger partial charge in [-0.05, 0) is 25.9 Å². The Morgan fingerprint density at radius 1 is 1.31 bits per heavy atom. The summed E-state index contributed by atoms with van der Waals surface area (Å²) in [4.78, 5) is 11.5. The van der Waals surface area contributed by atoms with Crippen LogP contribution in [0.3, 0.4) is 0 Å². The van der Waals surface area contributed by atoms with Gasteiger partial charge in [0.25, 0.3) is 0 Å². The van der Waals surface area contributed by atoms with E-state index in [0.29, 0.717) is 6.42 Å². The summed E-state index contributed by atoms with van der Waals surface area (Å²) in [7, 11) is 0. The number of hydrogen-bond donors (Lipinski definition) is 1. The highest BCUT2D eigenvalue weighted by atomic mass is 32.2. The molecule has 0 bridgehead atoms. The molecule has 0 aromatic carbocycles. The van der Waals surface area contributed by atoms with E-state index in [2.05, 4.69) is 13.8 Å². The summed E-state index contributed by atoms with van der Waals surface area (Å²) in [5.74, 6) is 0. The van der Waals surface area contributed by atoms with Gasteiger partial charge in [-0.1, -0.05) is 25.6 Å². The maximum Gasteiger partial charge on any atom is 0.208 e. The predicted octanol–water partition coefficient (Wildman–Crippen LogP) is 2.13. The Labute approximate surface area is 89.4 Å². The third kappa shape index (κ3) is 4.38. The molecule has 0 radical (unpaired) electrons. The van der Waals surface area contributed by atoms with Crippen molar-refractivity contribution in [1.82, 2.24) is 0 Å². The zero-order valence-electron chi connectivity index (χ0n) is 9.01. The largest absolute Gasteiger partial charge is 0.318 e. The molecular formula is C9H19NOS2. The van der Waals surface area contributed by atoms with Crippen molar-refractivity contribution in [3.05, 3.63) is 0 Å². The van der Waals surface area contributed by atoms with Gasteiger partial charge in [0.05, 0.1) is 5.54 Å². The Kier molecular flexibility index (Phi) is 4.83. The van der Waals surface area contributed by atoms with Crippen LogP contribution in [0.4, 0.5) is 0 Å². The number of nitrogens with two attached hydrogens (primary N) is 1. The maximum absolute atomic E-state index is 11.5. The lowest BCUT2D eigenvalue weighted by Crippen LogP contribution is -2.47. The monoisotopic (exact) mass is 221 g/mol. The minimum Gasteiger partial charge on any atom is -0.318 e. The first-order chi connectivity index (χ1) is 5.75. The van der Waals surface area contributed by atoms with E-state index in [-0.39, 0.29) is 9.86 Å². The van der Waals surface area contributed by atoms with Crippen molar-refractivity contribution in [2.24, 2.45) is 5.73 Å². The first-order valence-electron chi connectivity index (χ1n) is 4.17. The highest BCUT2D eigenvalue weighted by molar-refractivity contribution is 8.13. The molecule has 1 atom stereocenters. The van der Waals surface area contributed by atoms with Crippen LogP contribution >= 0.6 is 23.5 Å². The van der Waals surface area contributed by atoms with Crippen LogP contribution in [0.25, 0.3) is 0 Å². The van der Waals surface area contributed by atoms with Crippen molar-refractivity contribution in [1.29, 1.82) is 0 Å². The van der Waals surface area contributed by atoms with Crippen molar-refractivity contribution in [2.75, 3.05) is 12.5 Å². The van der Waals surface area contributed by atoms with Gasteiger partial charge in [-0.2, -0.15) is 11.8 Å². The molecule has 1 unspecified atom stereocenters. The SMILES string of the molecule is CSC(=O)C(C)(N)CC(C)(C)SC. The van der Waals surface area contributed by atoms with E-state index in [0.717, 1.165) is 0 Å². The topological polar surface area (TPSA) is 43.1 Å². The molecule has 78 valence electrons. The fourth-order valence-electron chi connectivity index (χ4n) is 1.26. The molecule has 0 aliphatic heterocycles. The Hall–Kier alpha value is 0.330. The Bertz CT molecular complexity index is 190. The molecule has 0 aromatic heterocycles. The summed E-state index contributed by atoms with van der Waals surface area (Å²) in [6.07, 6.45) is 4.53. The van der Waals surface area contributed by atoms with E-state index in [1.165, 1.54) is 11.8 Å². The van der Waals surface area contributed by atoms with Gasteiger partial charge in [-0.15, -0.1) is 0 Å². The molecule has 2 N–H and O–H groups in total. The number of carbonyl (C=O) groups is 1. The van der Waals surface area contributed by atoms with Crippen LogP contribution in [0.2, 0.25) is 0 Å². The molecule has 0 heterocycles. The summed E-state index contributed by atoms with van der Waals surface area (Å²) in [6, 6.07) is 0. The molecular weight excluding hydrogens is 202 g/mol. The third-order valence-corrected chi connectivity index (χ3v) is 4.08. The van der Waals surface area contributed by atoms with Gasteiger partial charge in [-0.25, -0.2) is 0 Å². The van der Waals surface area contributed by atoms with E-state index in [9.17, 15) is 4.79 Å². The Balaban J connectivity index is 4.41. The van der Waals surface area contributed by atoms with E-state index >= 15 is 0 Å². The number of carbonyl (C=O) groups excluding carboxylic acids is 1. The van der Waals surface area contributed by atoms with Gasteiger partial charge >= 0.3 is 0 Å². The summed E-state index contributed by atoms with van der Waals surface area (Å²) in [5, 5.41) is 0.0645. The van der Waals surface area contributed by atoms with Crippen LogP contribution in [-0.4, -0.2) is 27.9 Å². The lowest BCUT2D eigenvalue weighted by atomic mass is 9.92. The Morgan fingerprint density at radius 2 is 1.77 bits per heavy atom. The molecule has 0 rings (SSSR count). The standard InChI is InChI=1S/C9H19NOS2/c1-8(2,13-5)6-9(3,10)7(11)12-4/h6,10H2,1-5H3. The molecule has 0 saturated carbocycles. The third-order valence-electron chi connectivity index (χ3n) is 2.00. The van der Waals surface area contributed by atoms with Gasteiger partial charge in [-0.3, -0.25) is 4.79 Å². The molecule has 0 amide bonds. The number of thioether (sulfide) groups is 2. The first kappa shape index (κ1) is 13.3. The smallest absolute Gasteiger partial charge is 0.208 e. The van der Waals surface area contributed by atoms with E-state index in [1.807, 2.05) is 13.2 Å². The van der Waals surface area contributed by atoms with Gasteiger partial charge < -0.3 is 5.73 Å². The van der Waals surface area contributed by atoms with Gasteiger partial charge in [0, 0.05) is 4.75 Å². The summed E-state index contributed by atoms with van der Waals surface area (Å²) in [6.45, 7) is 6.02. The zero-order valence-corrected chi connectivity index (χ0v) is 10.6. The fraction of sp³-hybridized carbons (Fsp3) is 0.889. The summed E-state index contributed by atoms with van der Waals surface area (Å²) >= 11 is 2.95. The van der Waals surface area contributed by atoms with Crippen molar-refractivity contribution < 1.29 is 4.79 Å². The summed E-state index contributed by atoms with van der Waals surface area (Å²) < 4.78 is 0.0644. The van der Waals surface area contributed by atoms with Crippen LogP contribution in [0.5, 0.6) is 0 Å². The number of hydrogen-bond acceptors (Lipinski definition) is 4. The van der Waals surface area contributed by atoms with E-state index in [4.69, 9.17) is 5.73 Å². The van der Waals surface area contributed by atoms with E-state index in [1.54, 1.807) is 18.0 Å². The van der Waals surface area contributed by atoms with Crippen LogP contribution in [-0.2, 0) is 4.79 Å². The van der Waals surface area contributed by atoms with Crippen molar-refractivity contribution in [3.63, 3.8) is 0 Å². The van der Waals surface area contributed by atoms with Gasteiger partial charge in [0.15, 0.2) is 0 Å². The quantitative estimate of drug-likeness (QED) is 0.790. The molecule has 13 heavy (non-hydrogen) atoms. The fourth-order valence-corrected chi connectivity index (χ4v) is 2.24.